The molecule has 9 nitrogen and oxygen atoms in total. The van der Waals surface area contributed by atoms with E-state index in [2.05, 4.69) is 52.5 Å². The number of amides is 2. The molecule has 3 N–H and O–H groups in total. The number of fused-ring (bicyclic) bond motifs is 1. The molecular formula is C21H34N6O3Si. The predicted octanol–water partition coefficient (Wildman–Crippen LogP) is 2.82. The van der Waals surface area contributed by atoms with Crippen molar-refractivity contribution >= 4 is 36.9 Å². The molecule has 1 saturated heterocycles. The van der Waals surface area contributed by atoms with Crippen LogP contribution in [0.25, 0.3) is 11.2 Å². The van der Waals surface area contributed by atoms with E-state index in [1.54, 1.807) is 0 Å². The van der Waals surface area contributed by atoms with Crippen LogP contribution in [0.1, 0.15) is 20.3 Å². The Bertz CT molecular complexity index is 941. The highest BCUT2D eigenvalue weighted by molar-refractivity contribution is 6.76. The molecule has 1 aliphatic heterocycles. The molecule has 0 spiro atoms. The van der Waals surface area contributed by atoms with Crippen LogP contribution in [-0.2, 0) is 16.3 Å². The molecule has 2 amide bonds. The van der Waals surface area contributed by atoms with Crippen LogP contribution in [0.5, 0.6) is 0 Å². The monoisotopic (exact) mass is 446 g/mol. The van der Waals surface area contributed by atoms with Crippen molar-refractivity contribution in [3.63, 3.8) is 0 Å². The number of aromatic nitrogens is 3. The van der Waals surface area contributed by atoms with Gasteiger partial charge in [-0.25, -0.2) is 14.8 Å². The molecule has 1 aliphatic rings. The predicted molar refractivity (Wildman–Crippen MR) is 124 cm³/mol. The lowest BCUT2D eigenvalue weighted by molar-refractivity contribution is -0.124. The van der Waals surface area contributed by atoms with Crippen LogP contribution >= 0.6 is 0 Å². The average Bonchev–Trinajstić information content (AvgIpc) is 3.06. The first-order chi connectivity index (χ1) is 14.6. The third-order valence-corrected chi connectivity index (χ3v) is 7.28. The second kappa shape index (κ2) is 9.45. The maximum Gasteiger partial charge on any atom is 0.321 e. The zero-order chi connectivity index (χ0) is 22.6. The highest BCUT2D eigenvalue weighted by Gasteiger charge is 2.40. The van der Waals surface area contributed by atoms with E-state index in [-0.39, 0.29) is 5.78 Å². The highest BCUT2D eigenvalue weighted by Crippen LogP contribution is 2.22. The Kier molecular flexibility index (Phi) is 7.12. The molecule has 2 aromatic heterocycles. The van der Waals surface area contributed by atoms with Gasteiger partial charge in [-0.1, -0.05) is 26.6 Å². The summed E-state index contributed by atoms with van der Waals surface area (Å²) in [5.41, 5.74) is 0.459. The molecule has 2 aromatic rings. The van der Waals surface area contributed by atoms with Crippen molar-refractivity contribution in [1.82, 2.24) is 25.2 Å². The molecule has 0 unspecified atom stereocenters. The van der Waals surface area contributed by atoms with E-state index in [9.17, 15) is 9.59 Å². The van der Waals surface area contributed by atoms with Crippen molar-refractivity contribution in [1.29, 1.82) is 0 Å². The summed E-state index contributed by atoms with van der Waals surface area (Å²) in [5.74, 6) is 0.564. The van der Waals surface area contributed by atoms with E-state index in [1.165, 1.54) is 13.1 Å². The third-order valence-electron chi connectivity index (χ3n) is 5.58. The van der Waals surface area contributed by atoms with Crippen LogP contribution in [0.3, 0.4) is 0 Å². The number of urea groups is 1. The van der Waals surface area contributed by atoms with Crippen LogP contribution in [0.4, 0.5) is 10.6 Å². The number of nitrogens with zero attached hydrogens (tertiary/aromatic N) is 3. The number of anilines is 1. The lowest BCUT2D eigenvalue weighted by Gasteiger charge is -2.39. The molecule has 3 heterocycles. The van der Waals surface area contributed by atoms with Gasteiger partial charge in [0, 0.05) is 27.4 Å². The number of carbonyl (C=O) groups excluding carboxylic acids is 2. The molecule has 170 valence electrons. The number of carbonyl (C=O) groups is 2. The summed E-state index contributed by atoms with van der Waals surface area (Å²) in [5, 5.41) is 8.80. The summed E-state index contributed by atoms with van der Waals surface area (Å²) >= 11 is 0. The molecule has 10 heteroatoms. The first kappa shape index (κ1) is 23.4. The molecule has 31 heavy (non-hydrogen) atoms. The van der Waals surface area contributed by atoms with E-state index in [0.717, 1.165) is 19.2 Å². The zero-order valence-electron chi connectivity index (χ0n) is 19.1. The molecule has 0 aromatic carbocycles. The Morgan fingerprint density at radius 3 is 2.84 bits per heavy atom. The van der Waals surface area contributed by atoms with E-state index >= 15 is 0 Å². The number of ketones is 1. The van der Waals surface area contributed by atoms with Crippen molar-refractivity contribution in [3.05, 3.63) is 18.5 Å². The number of piperidine rings is 1. The van der Waals surface area contributed by atoms with Gasteiger partial charge in [0.2, 0.25) is 0 Å². The minimum atomic E-state index is -1.12. The van der Waals surface area contributed by atoms with Gasteiger partial charge in [0.1, 0.15) is 17.8 Å². The number of ether oxygens (including phenoxy) is 1. The quantitative estimate of drug-likeness (QED) is 0.425. The van der Waals surface area contributed by atoms with Crippen molar-refractivity contribution in [2.75, 3.05) is 25.0 Å². The largest absolute Gasteiger partial charge is 0.361 e. The minimum absolute atomic E-state index is 0.0607. The summed E-state index contributed by atoms with van der Waals surface area (Å²) in [6.07, 6.45) is 4.00. The second-order valence-electron chi connectivity index (χ2n) is 9.76. The lowest BCUT2D eigenvalue weighted by Crippen LogP contribution is -2.64. The van der Waals surface area contributed by atoms with Crippen molar-refractivity contribution in [2.24, 2.45) is 5.92 Å². The number of rotatable bonds is 8. The summed E-state index contributed by atoms with van der Waals surface area (Å²) in [6.45, 7) is 12.9. The molecule has 0 radical (unpaired) electrons. The fraction of sp³-hybridized carbons (Fsp3) is 0.619. The van der Waals surface area contributed by atoms with Gasteiger partial charge in [0.25, 0.3) is 0 Å². The van der Waals surface area contributed by atoms with Gasteiger partial charge >= 0.3 is 6.03 Å². The van der Waals surface area contributed by atoms with Crippen LogP contribution in [0.2, 0.25) is 25.7 Å². The number of hydrogen-bond acceptors (Lipinski definition) is 6. The van der Waals surface area contributed by atoms with E-state index < -0.39 is 19.6 Å². The zero-order valence-corrected chi connectivity index (χ0v) is 20.1. The van der Waals surface area contributed by atoms with Crippen molar-refractivity contribution in [2.45, 2.75) is 58.2 Å². The first-order valence-corrected chi connectivity index (χ1v) is 14.5. The van der Waals surface area contributed by atoms with Gasteiger partial charge in [0.15, 0.2) is 17.2 Å². The van der Waals surface area contributed by atoms with Gasteiger partial charge in [-0.05, 0) is 37.9 Å². The van der Waals surface area contributed by atoms with Gasteiger partial charge in [-0.3, -0.25) is 10.1 Å². The Morgan fingerprint density at radius 2 is 2.16 bits per heavy atom. The molecule has 0 saturated carbocycles. The standard InChI is InChI=1S/C21H34N6O3Si/c1-15-10-21(16(2)28,13-22-11-15)26-20(29)25-18-12-23-19-17(24-18)6-7-27(19)14-30-8-9-31(3,4)5/h6-7,12,15,22H,8-11,13-14H2,1-5H3,(H2,24,25,26,29)/t15-,21-/m0/s1. The van der Waals surface area contributed by atoms with Gasteiger partial charge < -0.3 is 19.9 Å². The topological polar surface area (TPSA) is 110 Å². The average molecular weight is 447 g/mol. The molecule has 1 fully saturated rings. The highest BCUT2D eigenvalue weighted by atomic mass is 28.3. The number of hydrogen-bond donors (Lipinski definition) is 3. The fourth-order valence-electron chi connectivity index (χ4n) is 3.75. The smallest absolute Gasteiger partial charge is 0.321 e. The molecule has 2 atom stereocenters. The van der Waals surface area contributed by atoms with Gasteiger partial charge in [-0.15, -0.1) is 0 Å². The first-order valence-electron chi connectivity index (χ1n) is 10.8. The minimum Gasteiger partial charge on any atom is -0.361 e. The molecule has 0 bridgehead atoms. The number of nitrogens with one attached hydrogen (secondary N) is 3. The summed E-state index contributed by atoms with van der Waals surface area (Å²) in [7, 11) is -1.12. The van der Waals surface area contributed by atoms with Gasteiger partial charge in [-0.2, -0.15) is 0 Å². The van der Waals surface area contributed by atoms with E-state index in [0.29, 0.717) is 42.6 Å². The Morgan fingerprint density at radius 1 is 1.39 bits per heavy atom. The number of Topliss-reactive ketones (excluding diaryl/α,β-unsaturated/α-hetero) is 1. The molecule has 0 aliphatic carbocycles. The Balaban J connectivity index is 1.62. The Labute approximate surface area is 184 Å². The Hall–Kier alpha value is -2.30. The molecular weight excluding hydrogens is 412 g/mol. The van der Waals surface area contributed by atoms with Crippen LogP contribution in [0, 0.1) is 5.92 Å². The van der Waals surface area contributed by atoms with Crippen molar-refractivity contribution < 1.29 is 14.3 Å². The van der Waals surface area contributed by atoms with Crippen molar-refractivity contribution in [3.8, 4) is 0 Å². The maximum atomic E-state index is 12.6. The van der Waals surface area contributed by atoms with Gasteiger partial charge in [0.05, 0.1) is 6.20 Å². The third kappa shape index (κ3) is 6.11. The maximum absolute atomic E-state index is 12.6. The normalized spacial score (nSPS) is 21.8. The van der Waals surface area contributed by atoms with Crippen LogP contribution in [0.15, 0.2) is 18.5 Å². The fourth-order valence-corrected chi connectivity index (χ4v) is 4.51. The summed E-state index contributed by atoms with van der Waals surface area (Å²) in [4.78, 5) is 33.8. The van der Waals surface area contributed by atoms with E-state index in [4.69, 9.17) is 4.74 Å². The summed E-state index contributed by atoms with van der Waals surface area (Å²) in [6, 6.07) is 2.49. The lowest BCUT2D eigenvalue weighted by atomic mass is 9.81. The molecule has 3 rings (SSSR count). The summed E-state index contributed by atoms with van der Waals surface area (Å²) < 4.78 is 7.70. The SMILES string of the molecule is CC(=O)[C@@]1(NC(=O)Nc2cnc3c(ccn3COCC[Si](C)(C)C)n2)CNC[C@@H](C)C1. The van der Waals surface area contributed by atoms with Crippen LogP contribution < -0.4 is 16.0 Å². The van der Waals surface area contributed by atoms with E-state index in [1.807, 2.05) is 16.8 Å². The second-order valence-corrected chi connectivity index (χ2v) is 15.4. The van der Waals surface area contributed by atoms with Crippen LogP contribution in [-0.4, -0.2) is 59.7 Å².